The number of rotatable bonds is 6. The summed E-state index contributed by atoms with van der Waals surface area (Å²) >= 11 is 1.44. The molecule has 0 atom stereocenters. The Labute approximate surface area is 124 Å². The van der Waals surface area contributed by atoms with E-state index < -0.39 is 0 Å². The van der Waals surface area contributed by atoms with E-state index in [0.717, 1.165) is 11.6 Å². The van der Waals surface area contributed by atoms with Crippen LogP contribution in [0.5, 0.6) is 0 Å². The Balaban J connectivity index is 0.00000180. The predicted octanol–water partition coefficient (Wildman–Crippen LogP) is 2.58. The third kappa shape index (κ3) is 4.44. The van der Waals surface area contributed by atoms with E-state index >= 15 is 0 Å². The summed E-state index contributed by atoms with van der Waals surface area (Å²) in [6.45, 7) is 5.64. The molecule has 3 N–H and O–H groups in total. The van der Waals surface area contributed by atoms with Crippen LogP contribution in [0, 0.1) is 11.3 Å². The molecular weight excluding hydrogens is 282 g/mol. The Morgan fingerprint density at radius 1 is 1.58 bits per heavy atom. The van der Waals surface area contributed by atoms with Crippen molar-refractivity contribution in [3.8, 4) is 0 Å². The van der Waals surface area contributed by atoms with Gasteiger partial charge in [-0.3, -0.25) is 4.79 Å². The second kappa shape index (κ2) is 6.68. The lowest BCUT2D eigenvalue weighted by molar-refractivity contribution is 0.0938. The second-order valence-corrected chi connectivity index (χ2v) is 6.55. The molecule has 0 aliphatic heterocycles. The van der Waals surface area contributed by atoms with Crippen molar-refractivity contribution in [3.05, 3.63) is 16.1 Å². The SMILES string of the molecule is CC(C)CC1(CNC(=O)c2csc(CN)n2)CC1.Cl. The minimum atomic E-state index is -0.0685. The highest BCUT2D eigenvalue weighted by atomic mass is 35.5. The van der Waals surface area contributed by atoms with E-state index in [2.05, 4.69) is 24.1 Å². The zero-order valence-electron chi connectivity index (χ0n) is 11.4. The number of carbonyl (C=O) groups is 1. The molecule has 1 aliphatic rings. The zero-order chi connectivity index (χ0) is 13.2. The molecule has 108 valence electrons. The zero-order valence-corrected chi connectivity index (χ0v) is 13.1. The van der Waals surface area contributed by atoms with Crippen LogP contribution >= 0.6 is 23.7 Å². The molecule has 19 heavy (non-hydrogen) atoms. The van der Waals surface area contributed by atoms with Gasteiger partial charge in [-0.2, -0.15) is 0 Å². The summed E-state index contributed by atoms with van der Waals surface area (Å²) < 4.78 is 0. The molecule has 1 aromatic heterocycles. The summed E-state index contributed by atoms with van der Waals surface area (Å²) in [7, 11) is 0. The van der Waals surface area contributed by atoms with E-state index in [4.69, 9.17) is 5.73 Å². The van der Waals surface area contributed by atoms with Gasteiger partial charge in [-0.1, -0.05) is 13.8 Å². The minimum Gasteiger partial charge on any atom is -0.350 e. The molecular formula is C13H22ClN3OS. The Morgan fingerprint density at radius 2 is 2.26 bits per heavy atom. The van der Waals surface area contributed by atoms with Crippen molar-refractivity contribution in [1.29, 1.82) is 0 Å². The van der Waals surface area contributed by atoms with Crippen molar-refractivity contribution >= 4 is 29.7 Å². The third-order valence-corrected chi connectivity index (χ3v) is 4.25. The molecule has 0 unspecified atom stereocenters. The fourth-order valence-corrected chi connectivity index (χ4v) is 3.02. The molecule has 0 aromatic carbocycles. The van der Waals surface area contributed by atoms with Crippen LogP contribution in [0.1, 0.15) is 48.6 Å². The molecule has 2 rings (SSSR count). The van der Waals surface area contributed by atoms with Gasteiger partial charge in [0.1, 0.15) is 10.7 Å². The number of hydrogen-bond donors (Lipinski definition) is 2. The topological polar surface area (TPSA) is 68.0 Å². The Morgan fingerprint density at radius 3 is 2.74 bits per heavy atom. The highest BCUT2D eigenvalue weighted by molar-refractivity contribution is 7.09. The number of nitrogens with one attached hydrogen (secondary N) is 1. The fraction of sp³-hybridized carbons (Fsp3) is 0.692. The molecule has 1 fully saturated rings. The van der Waals surface area contributed by atoms with Crippen molar-refractivity contribution in [1.82, 2.24) is 10.3 Å². The van der Waals surface area contributed by atoms with Crippen LogP contribution in [-0.2, 0) is 6.54 Å². The van der Waals surface area contributed by atoms with Crippen molar-refractivity contribution < 1.29 is 4.79 Å². The van der Waals surface area contributed by atoms with Crippen molar-refractivity contribution in [2.24, 2.45) is 17.1 Å². The van der Waals surface area contributed by atoms with Gasteiger partial charge in [0.05, 0.1) is 0 Å². The molecule has 4 nitrogen and oxygen atoms in total. The van der Waals surface area contributed by atoms with Gasteiger partial charge >= 0.3 is 0 Å². The van der Waals surface area contributed by atoms with Gasteiger partial charge in [-0.05, 0) is 30.6 Å². The van der Waals surface area contributed by atoms with Gasteiger partial charge in [0.2, 0.25) is 0 Å². The van der Waals surface area contributed by atoms with Crippen LogP contribution in [-0.4, -0.2) is 17.4 Å². The Bertz CT molecular complexity index is 429. The smallest absolute Gasteiger partial charge is 0.270 e. The quantitative estimate of drug-likeness (QED) is 0.849. The third-order valence-electron chi connectivity index (χ3n) is 3.38. The summed E-state index contributed by atoms with van der Waals surface area (Å²) in [6.07, 6.45) is 3.66. The Hall–Kier alpha value is -0.650. The van der Waals surface area contributed by atoms with Gasteiger partial charge in [-0.15, -0.1) is 23.7 Å². The predicted molar refractivity (Wildman–Crippen MR) is 80.7 cm³/mol. The highest BCUT2D eigenvalue weighted by Crippen LogP contribution is 2.50. The molecule has 0 spiro atoms. The fourth-order valence-electron chi connectivity index (χ4n) is 2.36. The van der Waals surface area contributed by atoms with Gasteiger partial charge in [0.25, 0.3) is 5.91 Å². The van der Waals surface area contributed by atoms with Gasteiger partial charge in [0.15, 0.2) is 0 Å². The lowest BCUT2D eigenvalue weighted by Gasteiger charge is -2.17. The number of nitrogens with zero attached hydrogens (tertiary/aromatic N) is 1. The molecule has 1 heterocycles. The summed E-state index contributed by atoms with van der Waals surface area (Å²) in [5.74, 6) is 0.619. The highest BCUT2D eigenvalue weighted by Gasteiger charge is 2.42. The molecule has 1 amide bonds. The number of aromatic nitrogens is 1. The summed E-state index contributed by atoms with van der Waals surface area (Å²) in [4.78, 5) is 16.1. The van der Waals surface area contributed by atoms with E-state index in [-0.39, 0.29) is 18.3 Å². The van der Waals surface area contributed by atoms with Crippen LogP contribution in [0.25, 0.3) is 0 Å². The molecule has 6 heteroatoms. The average Bonchev–Trinajstić information content (AvgIpc) is 2.92. The van der Waals surface area contributed by atoms with E-state index in [0.29, 0.717) is 23.6 Å². The van der Waals surface area contributed by atoms with E-state index in [1.807, 2.05) is 0 Å². The molecule has 1 aromatic rings. The molecule has 0 radical (unpaired) electrons. The summed E-state index contributed by atoms with van der Waals surface area (Å²) in [6, 6.07) is 0. The van der Waals surface area contributed by atoms with Crippen molar-refractivity contribution in [3.63, 3.8) is 0 Å². The average molecular weight is 304 g/mol. The lowest BCUT2D eigenvalue weighted by atomic mass is 9.94. The van der Waals surface area contributed by atoms with Crippen molar-refractivity contribution in [2.75, 3.05) is 6.54 Å². The summed E-state index contributed by atoms with van der Waals surface area (Å²) in [5.41, 5.74) is 6.35. The summed E-state index contributed by atoms with van der Waals surface area (Å²) in [5, 5.41) is 5.60. The number of thiazole rings is 1. The number of halogens is 1. The van der Waals surface area contributed by atoms with E-state index in [1.54, 1.807) is 5.38 Å². The second-order valence-electron chi connectivity index (χ2n) is 5.61. The molecule has 1 saturated carbocycles. The van der Waals surface area contributed by atoms with Crippen LogP contribution in [0.2, 0.25) is 0 Å². The van der Waals surface area contributed by atoms with Gasteiger partial charge in [0, 0.05) is 18.5 Å². The van der Waals surface area contributed by atoms with Gasteiger partial charge < -0.3 is 11.1 Å². The number of nitrogens with two attached hydrogens (primary N) is 1. The monoisotopic (exact) mass is 303 g/mol. The van der Waals surface area contributed by atoms with Gasteiger partial charge in [-0.25, -0.2) is 4.98 Å². The Kier molecular flexibility index (Phi) is 5.77. The number of amides is 1. The van der Waals surface area contributed by atoms with Crippen molar-refractivity contribution in [2.45, 2.75) is 39.7 Å². The van der Waals surface area contributed by atoms with Crippen LogP contribution < -0.4 is 11.1 Å². The van der Waals surface area contributed by atoms with E-state index in [9.17, 15) is 4.79 Å². The van der Waals surface area contributed by atoms with Crippen LogP contribution in [0.15, 0.2) is 5.38 Å². The molecule has 0 saturated heterocycles. The van der Waals surface area contributed by atoms with E-state index in [1.165, 1.54) is 30.6 Å². The first kappa shape index (κ1) is 16.4. The van der Waals surface area contributed by atoms with Crippen LogP contribution in [0.4, 0.5) is 0 Å². The standard InChI is InChI=1S/C13H21N3OS.ClH/c1-9(2)5-13(3-4-13)8-15-12(17)10-7-18-11(6-14)16-10;/h7,9H,3-6,8,14H2,1-2H3,(H,15,17);1H. The first-order valence-corrected chi connectivity index (χ1v) is 7.35. The molecule has 1 aliphatic carbocycles. The maximum atomic E-state index is 11.9. The molecule has 0 bridgehead atoms. The van der Waals surface area contributed by atoms with Crippen LogP contribution in [0.3, 0.4) is 0 Å². The number of hydrogen-bond acceptors (Lipinski definition) is 4. The minimum absolute atomic E-state index is 0. The largest absolute Gasteiger partial charge is 0.350 e. The maximum Gasteiger partial charge on any atom is 0.270 e. The first-order valence-electron chi connectivity index (χ1n) is 6.47. The number of carbonyl (C=O) groups excluding carboxylic acids is 1. The lowest BCUT2D eigenvalue weighted by Crippen LogP contribution is -2.31. The maximum absolute atomic E-state index is 11.9. The normalized spacial score (nSPS) is 16.0. The first-order chi connectivity index (χ1) is 8.54.